The second-order valence-corrected chi connectivity index (χ2v) is 11.4. The van der Waals surface area contributed by atoms with Gasteiger partial charge in [0.1, 0.15) is 0 Å². The van der Waals surface area contributed by atoms with Crippen molar-refractivity contribution < 1.29 is 0 Å². The molecule has 0 bridgehead atoms. The molecule has 5 aromatic carbocycles. The molecule has 7 rings (SSSR count). The van der Waals surface area contributed by atoms with E-state index >= 15 is 0 Å². The standard InChI is InChI=1S/C36H32BN/c1-23(2)25-14-17-29(18-15-25)38-34-19-16-27(24(3)4)21-33(34)37-32-13-9-8-12-30(32)31-20-28(22-35(38)36(31)37)26-10-6-5-7-11-26/h5-24H,1-4H3. The summed E-state index contributed by atoms with van der Waals surface area (Å²) in [6.07, 6.45) is 0. The van der Waals surface area contributed by atoms with E-state index in [1.807, 2.05) is 0 Å². The van der Waals surface area contributed by atoms with E-state index < -0.39 is 0 Å². The maximum atomic E-state index is 2.51. The molecule has 38 heavy (non-hydrogen) atoms. The third-order valence-corrected chi connectivity index (χ3v) is 8.44. The van der Waals surface area contributed by atoms with Crippen molar-refractivity contribution in [2.24, 2.45) is 0 Å². The molecule has 2 heterocycles. The minimum atomic E-state index is 0.251. The SMILES string of the molecule is CC(C)c1ccc(N2c3ccc(C(C)C)cc3B3c4ccccc4-c4cc(-c5ccccc5)cc2c43)cc1. The highest BCUT2D eigenvalue weighted by molar-refractivity contribution is 7.01. The van der Waals surface area contributed by atoms with E-state index in [2.05, 4.69) is 142 Å². The van der Waals surface area contributed by atoms with Gasteiger partial charge in [-0.1, -0.05) is 112 Å². The van der Waals surface area contributed by atoms with Crippen LogP contribution in [0.5, 0.6) is 0 Å². The minimum absolute atomic E-state index is 0.251. The zero-order valence-corrected chi connectivity index (χ0v) is 22.6. The number of nitrogens with zero attached hydrogens (tertiary/aromatic N) is 1. The maximum Gasteiger partial charge on any atom is 0.248 e. The first-order valence-electron chi connectivity index (χ1n) is 13.9. The molecule has 0 spiro atoms. The molecule has 0 N–H and O–H groups in total. The summed E-state index contributed by atoms with van der Waals surface area (Å²) in [7, 11) is 0. The van der Waals surface area contributed by atoms with Crippen LogP contribution in [0.1, 0.15) is 50.7 Å². The molecule has 0 radical (unpaired) electrons. The maximum absolute atomic E-state index is 2.51. The van der Waals surface area contributed by atoms with Crippen LogP contribution in [0.2, 0.25) is 0 Å². The lowest BCUT2D eigenvalue weighted by Gasteiger charge is -2.37. The third-order valence-electron chi connectivity index (χ3n) is 8.44. The van der Waals surface area contributed by atoms with Crippen molar-refractivity contribution in [3.63, 3.8) is 0 Å². The predicted octanol–water partition coefficient (Wildman–Crippen LogP) is 7.88. The molecule has 5 aromatic rings. The largest absolute Gasteiger partial charge is 0.311 e. The first-order chi connectivity index (χ1) is 18.5. The van der Waals surface area contributed by atoms with Crippen LogP contribution in [0, 0.1) is 0 Å². The van der Waals surface area contributed by atoms with Crippen LogP contribution in [0.4, 0.5) is 17.1 Å². The molecule has 2 aliphatic heterocycles. The van der Waals surface area contributed by atoms with Gasteiger partial charge in [0, 0.05) is 17.1 Å². The summed E-state index contributed by atoms with van der Waals surface area (Å²) in [5.74, 6) is 0.993. The van der Waals surface area contributed by atoms with Crippen molar-refractivity contribution in [1.29, 1.82) is 0 Å². The van der Waals surface area contributed by atoms with Crippen LogP contribution < -0.4 is 21.3 Å². The molecule has 2 heteroatoms. The Hall–Kier alpha value is -4.04. The lowest BCUT2D eigenvalue weighted by molar-refractivity contribution is 0.866. The van der Waals surface area contributed by atoms with Crippen molar-refractivity contribution in [1.82, 2.24) is 0 Å². The van der Waals surface area contributed by atoms with E-state index in [-0.39, 0.29) is 6.71 Å². The quantitative estimate of drug-likeness (QED) is 0.227. The van der Waals surface area contributed by atoms with Gasteiger partial charge >= 0.3 is 0 Å². The van der Waals surface area contributed by atoms with Crippen molar-refractivity contribution in [2.45, 2.75) is 39.5 Å². The van der Waals surface area contributed by atoms with Crippen molar-refractivity contribution >= 4 is 40.2 Å². The first-order valence-corrected chi connectivity index (χ1v) is 13.9. The van der Waals surface area contributed by atoms with Gasteiger partial charge in [-0.2, -0.15) is 0 Å². The van der Waals surface area contributed by atoms with E-state index in [1.165, 1.54) is 66.8 Å². The van der Waals surface area contributed by atoms with Gasteiger partial charge in [0.05, 0.1) is 0 Å². The highest BCUT2D eigenvalue weighted by atomic mass is 15.1. The third kappa shape index (κ3) is 3.47. The van der Waals surface area contributed by atoms with Gasteiger partial charge < -0.3 is 4.90 Å². The Balaban J connectivity index is 1.55. The molecule has 1 nitrogen and oxygen atoms in total. The lowest BCUT2D eigenvalue weighted by atomic mass is 9.37. The Morgan fingerprint density at radius 2 is 1.21 bits per heavy atom. The van der Waals surface area contributed by atoms with E-state index in [9.17, 15) is 0 Å². The summed E-state index contributed by atoms with van der Waals surface area (Å²) in [4.78, 5) is 2.51. The van der Waals surface area contributed by atoms with Crippen molar-refractivity contribution in [3.05, 3.63) is 120 Å². The predicted molar refractivity (Wildman–Crippen MR) is 165 cm³/mol. The topological polar surface area (TPSA) is 3.24 Å². The second kappa shape index (κ2) is 8.77. The minimum Gasteiger partial charge on any atom is -0.311 e. The average Bonchev–Trinajstić information content (AvgIpc) is 3.29. The van der Waals surface area contributed by atoms with E-state index in [0.29, 0.717) is 11.8 Å². The Kier molecular flexibility index (Phi) is 5.33. The van der Waals surface area contributed by atoms with E-state index in [1.54, 1.807) is 0 Å². The van der Waals surface area contributed by atoms with Gasteiger partial charge in [0.2, 0.25) is 6.71 Å². The monoisotopic (exact) mass is 489 g/mol. The van der Waals surface area contributed by atoms with Gasteiger partial charge in [-0.15, -0.1) is 0 Å². The molecule has 0 atom stereocenters. The average molecular weight is 489 g/mol. The fourth-order valence-corrected chi connectivity index (χ4v) is 6.40. The van der Waals surface area contributed by atoms with Gasteiger partial charge in [-0.25, -0.2) is 0 Å². The smallest absolute Gasteiger partial charge is 0.248 e. The van der Waals surface area contributed by atoms with Gasteiger partial charge in [-0.3, -0.25) is 0 Å². The Morgan fingerprint density at radius 3 is 1.95 bits per heavy atom. The molecule has 2 aliphatic rings. The Bertz CT molecular complexity index is 1660. The molecule has 0 aromatic heterocycles. The molecule has 184 valence electrons. The molecule has 0 amide bonds. The molecule has 0 aliphatic carbocycles. The van der Waals surface area contributed by atoms with Crippen molar-refractivity contribution in [3.8, 4) is 22.3 Å². The summed E-state index contributed by atoms with van der Waals surface area (Å²) in [5.41, 5.74) is 16.1. The zero-order valence-electron chi connectivity index (χ0n) is 22.6. The normalized spacial score (nSPS) is 13.1. The highest BCUT2D eigenvalue weighted by Crippen LogP contribution is 2.43. The van der Waals surface area contributed by atoms with E-state index in [4.69, 9.17) is 0 Å². The van der Waals surface area contributed by atoms with Gasteiger partial charge in [0.15, 0.2) is 0 Å². The van der Waals surface area contributed by atoms with Gasteiger partial charge in [0.25, 0.3) is 0 Å². The highest BCUT2D eigenvalue weighted by Gasteiger charge is 2.42. The second-order valence-electron chi connectivity index (χ2n) is 11.4. The molecular formula is C36H32BN. The summed E-state index contributed by atoms with van der Waals surface area (Å²) in [6, 6.07) is 41.0. The Morgan fingerprint density at radius 1 is 0.526 bits per heavy atom. The molecular weight excluding hydrogens is 457 g/mol. The fraction of sp³-hybridized carbons (Fsp3) is 0.167. The summed E-state index contributed by atoms with van der Waals surface area (Å²) >= 11 is 0. The van der Waals surface area contributed by atoms with Crippen LogP contribution in [0.15, 0.2) is 109 Å². The number of anilines is 3. The zero-order chi connectivity index (χ0) is 26.0. The van der Waals surface area contributed by atoms with Crippen LogP contribution in [0.3, 0.4) is 0 Å². The number of hydrogen-bond donors (Lipinski definition) is 0. The lowest BCUT2D eigenvalue weighted by Crippen LogP contribution is -2.54. The molecule has 0 saturated heterocycles. The summed E-state index contributed by atoms with van der Waals surface area (Å²) < 4.78 is 0. The van der Waals surface area contributed by atoms with Crippen LogP contribution >= 0.6 is 0 Å². The first kappa shape index (κ1) is 23.1. The molecule has 0 fully saturated rings. The van der Waals surface area contributed by atoms with Crippen LogP contribution in [0.25, 0.3) is 22.3 Å². The summed E-state index contributed by atoms with van der Waals surface area (Å²) in [6.45, 7) is 9.36. The van der Waals surface area contributed by atoms with Gasteiger partial charge in [-0.05, 0) is 86.5 Å². The number of hydrogen-bond acceptors (Lipinski definition) is 1. The number of fused-ring (bicyclic) bond motifs is 5. The fourth-order valence-electron chi connectivity index (χ4n) is 6.40. The molecule has 0 saturated carbocycles. The summed E-state index contributed by atoms with van der Waals surface area (Å²) in [5, 5.41) is 0. The van der Waals surface area contributed by atoms with Crippen LogP contribution in [-0.2, 0) is 0 Å². The van der Waals surface area contributed by atoms with E-state index in [0.717, 1.165) is 0 Å². The van der Waals surface area contributed by atoms with Crippen molar-refractivity contribution in [2.75, 3.05) is 4.90 Å². The van der Waals surface area contributed by atoms with Crippen LogP contribution in [-0.4, -0.2) is 6.71 Å². The number of benzene rings is 5. The number of rotatable bonds is 4. The Labute approximate surface area is 226 Å². The molecule has 0 unspecified atom stereocenters.